The zero-order chi connectivity index (χ0) is 52.9. The maximum Gasteiger partial charge on any atom is 0.306 e. The fraction of sp³-hybridized carbons (Fsp3) is 0.716. The van der Waals surface area contributed by atoms with Gasteiger partial charge in [0, 0.05) is 19.3 Å². The van der Waals surface area contributed by atoms with Crippen LogP contribution in [0.5, 0.6) is 0 Å². The van der Waals surface area contributed by atoms with Gasteiger partial charge in [0.25, 0.3) is 0 Å². The average Bonchev–Trinajstić information content (AvgIpc) is 3.39. The second kappa shape index (κ2) is 60.9. The molecule has 0 aromatic carbocycles. The highest BCUT2D eigenvalue weighted by atomic mass is 16.6. The standard InChI is InChI=1S/C67H114O6/c1-4-7-10-13-16-19-22-25-28-30-31-32-33-34-35-37-39-42-45-48-51-54-57-60-66(69)72-63-64(62-71-65(68)59-56-53-50-47-44-41-38-27-24-21-18-15-12-9-6-3)73-67(70)61-58-55-52-49-46-43-40-36-29-26-23-20-17-14-11-8-5-2/h8,11,17,20,22,25-27,29-31,38,40,43,49,52,64H,4-7,9-10,12-16,18-19,21,23-24,28,32-37,39,41-42,44-48,50-51,53-63H2,1-3H3/b11-8-,20-17-,25-22-,29-26-,31-30-,38-27-,43-40-,52-49-. The number of unbranched alkanes of at least 4 members (excludes halogenated alkanes) is 28. The van der Waals surface area contributed by atoms with Gasteiger partial charge in [0.05, 0.1) is 0 Å². The van der Waals surface area contributed by atoms with Gasteiger partial charge in [0.2, 0.25) is 0 Å². The first kappa shape index (κ1) is 69.3. The maximum absolute atomic E-state index is 12.9. The van der Waals surface area contributed by atoms with Crippen LogP contribution in [0, 0.1) is 0 Å². The number of allylic oxidation sites excluding steroid dienone is 16. The van der Waals surface area contributed by atoms with Crippen LogP contribution in [0.2, 0.25) is 0 Å². The molecule has 0 aliphatic rings. The minimum Gasteiger partial charge on any atom is -0.462 e. The zero-order valence-corrected chi connectivity index (χ0v) is 47.9. The highest BCUT2D eigenvalue weighted by molar-refractivity contribution is 5.71. The van der Waals surface area contributed by atoms with E-state index >= 15 is 0 Å². The fourth-order valence-electron chi connectivity index (χ4n) is 8.44. The van der Waals surface area contributed by atoms with Gasteiger partial charge < -0.3 is 14.2 Å². The lowest BCUT2D eigenvalue weighted by atomic mass is 10.0. The van der Waals surface area contributed by atoms with E-state index in [2.05, 4.69) is 118 Å². The molecule has 0 fully saturated rings. The molecule has 6 heteroatoms. The van der Waals surface area contributed by atoms with Crippen molar-refractivity contribution >= 4 is 17.9 Å². The second-order valence-corrected chi connectivity index (χ2v) is 20.2. The van der Waals surface area contributed by atoms with Gasteiger partial charge in [0.1, 0.15) is 13.2 Å². The molecule has 0 saturated heterocycles. The highest BCUT2D eigenvalue weighted by Crippen LogP contribution is 2.15. The van der Waals surface area contributed by atoms with Crippen LogP contribution < -0.4 is 0 Å². The van der Waals surface area contributed by atoms with Crippen LogP contribution in [-0.4, -0.2) is 37.2 Å². The van der Waals surface area contributed by atoms with E-state index in [4.69, 9.17) is 14.2 Å². The first-order valence-corrected chi connectivity index (χ1v) is 30.7. The van der Waals surface area contributed by atoms with E-state index in [1.165, 1.54) is 148 Å². The minimum atomic E-state index is -0.813. The number of rotatable bonds is 55. The first-order chi connectivity index (χ1) is 36.0. The third kappa shape index (κ3) is 59.1. The molecule has 0 saturated carbocycles. The van der Waals surface area contributed by atoms with E-state index in [-0.39, 0.29) is 37.5 Å². The quantitative estimate of drug-likeness (QED) is 0.0261. The second-order valence-electron chi connectivity index (χ2n) is 20.2. The molecule has 1 unspecified atom stereocenters. The summed E-state index contributed by atoms with van der Waals surface area (Å²) in [5, 5.41) is 0. The molecule has 0 radical (unpaired) electrons. The summed E-state index contributed by atoms with van der Waals surface area (Å²) in [4.78, 5) is 38.2. The predicted octanol–water partition coefficient (Wildman–Crippen LogP) is 20.9. The van der Waals surface area contributed by atoms with Gasteiger partial charge in [0.15, 0.2) is 6.10 Å². The number of ether oxygens (including phenoxy) is 3. The molecule has 0 N–H and O–H groups in total. The lowest BCUT2D eigenvalue weighted by Crippen LogP contribution is -2.30. The maximum atomic E-state index is 12.9. The molecule has 0 aliphatic heterocycles. The van der Waals surface area contributed by atoms with Gasteiger partial charge in [-0.05, 0) is 116 Å². The molecule has 418 valence electrons. The smallest absolute Gasteiger partial charge is 0.306 e. The van der Waals surface area contributed by atoms with E-state index in [1.807, 2.05) is 0 Å². The Bertz CT molecular complexity index is 1440. The van der Waals surface area contributed by atoms with Crippen molar-refractivity contribution in [2.24, 2.45) is 0 Å². The molecule has 0 heterocycles. The molecule has 0 aromatic rings. The van der Waals surface area contributed by atoms with Crippen molar-refractivity contribution in [2.45, 2.75) is 297 Å². The molecule has 1 atom stereocenters. The third-order valence-electron chi connectivity index (χ3n) is 13.0. The van der Waals surface area contributed by atoms with Crippen molar-refractivity contribution in [3.05, 3.63) is 97.2 Å². The van der Waals surface area contributed by atoms with Gasteiger partial charge in [-0.1, -0.05) is 253 Å². The van der Waals surface area contributed by atoms with E-state index in [9.17, 15) is 14.4 Å². The predicted molar refractivity (Wildman–Crippen MR) is 316 cm³/mol. The monoisotopic (exact) mass is 1010 g/mol. The number of hydrogen-bond acceptors (Lipinski definition) is 6. The Balaban J connectivity index is 4.42. The Morgan fingerprint density at radius 1 is 0.288 bits per heavy atom. The van der Waals surface area contributed by atoms with Crippen molar-refractivity contribution in [2.75, 3.05) is 13.2 Å². The van der Waals surface area contributed by atoms with E-state index in [0.717, 1.165) is 96.3 Å². The Morgan fingerprint density at radius 2 is 0.548 bits per heavy atom. The molecule has 0 aromatic heterocycles. The molecule has 6 nitrogen and oxygen atoms in total. The van der Waals surface area contributed by atoms with Crippen LogP contribution in [0.4, 0.5) is 0 Å². The van der Waals surface area contributed by atoms with Gasteiger partial charge >= 0.3 is 17.9 Å². The van der Waals surface area contributed by atoms with Gasteiger partial charge in [-0.25, -0.2) is 0 Å². The van der Waals surface area contributed by atoms with Gasteiger partial charge in [-0.15, -0.1) is 0 Å². The zero-order valence-electron chi connectivity index (χ0n) is 47.9. The molecule has 73 heavy (non-hydrogen) atoms. The van der Waals surface area contributed by atoms with Crippen LogP contribution in [-0.2, 0) is 28.6 Å². The molecule has 0 rings (SSSR count). The summed E-state index contributed by atoms with van der Waals surface area (Å²) in [5.41, 5.74) is 0. The minimum absolute atomic E-state index is 0.103. The Labute approximate surface area is 451 Å². The van der Waals surface area contributed by atoms with Crippen molar-refractivity contribution in [1.82, 2.24) is 0 Å². The molecule has 0 bridgehead atoms. The number of hydrogen-bond donors (Lipinski definition) is 0. The molecular weight excluding hydrogens is 901 g/mol. The van der Waals surface area contributed by atoms with E-state index in [0.29, 0.717) is 19.3 Å². The summed E-state index contributed by atoms with van der Waals surface area (Å²) in [6, 6.07) is 0. The van der Waals surface area contributed by atoms with E-state index in [1.54, 1.807) is 0 Å². The summed E-state index contributed by atoms with van der Waals surface area (Å²) in [6.45, 7) is 6.47. The van der Waals surface area contributed by atoms with E-state index < -0.39 is 6.10 Å². The fourth-order valence-corrected chi connectivity index (χ4v) is 8.44. The van der Waals surface area contributed by atoms with Crippen molar-refractivity contribution < 1.29 is 28.6 Å². The van der Waals surface area contributed by atoms with Crippen LogP contribution in [0.25, 0.3) is 0 Å². The Hall–Kier alpha value is -3.67. The average molecular weight is 1020 g/mol. The molecular formula is C67H114O6. The SMILES string of the molecule is CC/C=C\C/C=C\C/C=C\C/C=C\C/C=C\CCCC(=O)OC(COC(=O)CCCCCCC/C=C\CCCCCCCC)COC(=O)CCCCCCCCCCCCC/C=C\C/C=C\CCCCCCC. The van der Waals surface area contributed by atoms with Crippen molar-refractivity contribution in [1.29, 1.82) is 0 Å². The lowest BCUT2D eigenvalue weighted by Gasteiger charge is -2.18. The molecule has 0 spiro atoms. The molecule has 0 aliphatic carbocycles. The summed E-state index contributed by atoms with van der Waals surface area (Å²) in [7, 11) is 0. The summed E-state index contributed by atoms with van der Waals surface area (Å²) in [6.07, 6.45) is 81.3. The van der Waals surface area contributed by atoms with Gasteiger partial charge in [-0.3, -0.25) is 14.4 Å². The number of carbonyl (C=O) groups excluding carboxylic acids is 3. The van der Waals surface area contributed by atoms with Crippen LogP contribution in [0.1, 0.15) is 290 Å². The highest BCUT2D eigenvalue weighted by Gasteiger charge is 2.19. The normalized spacial score (nSPS) is 12.8. The third-order valence-corrected chi connectivity index (χ3v) is 13.0. The summed E-state index contributed by atoms with van der Waals surface area (Å²) in [5.74, 6) is -0.967. The van der Waals surface area contributed by atoms with Crippen LogP contribution in [0.15, 0.2) is 97.2 Å². The number of esters is 3. The van der Waals surface area contributed by atoms with Crippen molar-refractivity contribution in [3.63, 3.8) is 0 Å². The first-order valence-electron chi connectivity index (χ1n) is 30.7. The summed E-state index contributed by atoms with van der Waals surface area (Å²) < 4.78 is 16.8. The van der Waals surface area contributed by atoms with Crippen molar-refractivity contribution in [3.8, 4) is 0 Å². The van der Waals surface area contributed by atoms with Crippen LogP contribution in [0.3, 0.4) is 0 Å². The largest absolute Gasteiger partial charge is 0.462 e. The van der Waals surface area contributed by atoms with Crippen LogP contribution >= 0.6 is 0 Å². The summed E-state index contributed by atoms with van der Waals surface area (Å²) >= 11 is 0. The number of carbonyl (C=O) groups is 3. The Kier molecular flexibility index (Phi) is 57.8. The molecule has 0 amide bonds. The lowest BCUT2D eigenvalue weighted by molar-refractivity contribution is -0.167. The topological polar surface area (TPSA) is 78.9 Å². The Morgan fingerprint density at radius 3 is 0.890 bits per heavy atom. The van der Waals surface area contributed by atoms with Gasteiger partial charge in [-0.2, -0.15) is 0 Å².